The van der Waals surface area contributed by atoms with Crippen LogP contribution in [0.2, 0.25) is 0 Å². The number of benzene rings is 1. The third-order valence-electron chi connectivity index (χ3n) is 1.51. The molecule has 0 aliphatic heterocycles. The molecular weight excluding hydrogens is 138 g/mol. The lowest BCUT2D eigenvalue weighted by Crippen LogP contribution is -1.75. The van der Waals surface area contributed by atoms with Crippen LogP contribution in [-0.2, 0) is 0 Å². The number of nitriles is 1. The highest BCUT2D eigenvalue weighted by Gasteiger charge is 2.00. The number of hydrogen-bond acceptors (Lipinski definition) is 2. The van der Waals surface area contributed by atoms with E-state index >= 15 is 0 Å². The van der Waals surface area contributed by atoms with Crippen molar-refractivity contribution in [2.45, 2.75) is 0 Å². The van der Waals surface area contributed by atoms with Gasteiger partial charge in [-0.2, -0.15) is 5.26 Å². The van der Waals surface area contributed by atoms with Crippen LogP contribution in [0.25, 0.3) is 11.0 Å². The molecule has 0 spiro atoms. The Bertz CT molecular complexity index is 422. The van der Waals surface area contributed by atoms with Crippen molar-refractivity contribution in [3.8, 4) is 6.07 Å². The Balaban J connectivity index is 2.92. The van der Waals surface area contributed by atoms with E-state index in [0.29, 0.717) is 11.1 Å². The Morgan fingerprint density at radius 3 is 3.27 bits per heavy atom. The van der Waals surface area contributed by atoms with Crippen molar-refractivity contribution >= 4 is 11.0 Å². The van der Waals surface area contributed by atoms with E-state index < -0.39 is 0 Å². The molecule has 1 radical (unpaired) electrons. The average molecular weight is 142 g/mol. The molecule has 0 atom stereocenters. The molecular formula is C8H4N3. The first-order valence-corrected chi connectivity index (χ1v) is 3.16. The fourth-order valence-corrected chi connectivity index (χ4v) is 0.999. The topological polar surface area (TPSA) is 52.5 Å². The van der Waals surface area contributed by atoms with Crippen LogP contribution in [0, 0.1) is 17.7 Å². The van der Waals surface area contributed by atoms with E-state index in [9.17, 15) is 0 Å². The quantitative estimate of drug-likeness (QED) is 0.601. The molecule has 0 fully saturated rings. The minimum absolute atomic E-state index is 0.583. The number of rotatable bonds is 0. The molecule has 2 rings (SSSR count). The fourth-order valence-electron chi connectivity index (χ4n) is 0.999. The van der Waals surface area contributed by atoms with Gasteiger partial charge >= 0.3 is 0 Å². The Hall–Kier alpha value is -1.82. The van der Waals surface area contributed by atoms with Crippen LogP contribution in [0.4, 0.5) is 0 Å². The minimum Gasteiger partial charge on any atom is -0.335 e. The van der Waals surface area contributed by atoms with Gasteiger partial charge in [0.25, 0.3) is 0 Å². The zero-order chi connectivity index (χ0) is 7.68. The highest BCUT2D eigenvalue weighted by molar-refractivity contribution is 5.80. The second kappa shape index (κ2) is 2.10. The summed E-state index contributed by atoms with van der Waals surface area (Å²) in [5.74, 6) is 0. The summed E-state index contributed by atoms with van der Waals surface area (Å²) in [5.41, 5.74) is 2.12. The van der Waals surface area contributed by atoms with E-state index in [1.165, 1.54) is 0 Å². The fraction of sp³-hybridized carbons (Fsp3) is 0. The molecule has 0 saturated carbocycles. The van der Waals surface area contributed by atoms with Crippen molar-refractivity contribution in [2.24, 2.45) is 0 Å². The van der Waals surface area contributed by atoms with Crippen molar-refractivity contribution in [1.29, 1.82) is 5.26 Å². The summed E-state index contributed by atoms with van der Waals surface area (Å²) in [7, 11) is 0. The molecule has 0 saturated heterocycles. The normalized spacial score (nSPS) is 9.73. The van der Waals surface area contributed by atoms with Gasteiger partial charge in [-0.05, 0) is 12.1 Å². The Kier molecular flexibility index (Phi) is 1.13. The van der Waals surface area contributed by atoms with Crippen LogP contribution in [0.15, 0.2) is 18.2 Å². The average Bonchev–Trinajstić information content (AvgIpc) is 2.50. The van der Waals surface area contributed by atoms with E-state index in [-0.39, 0.29) is 0 Å². The molecule has 1 heterocycles. The van der Waals surface area contributed by atoms with Gasteiger partial charge in [-0.15, -0.1) is 0 Å². The molecule has 2 aromatic rings. The van der Waals surface area contributed by atoms with Gasteiger partial charge in [-0.3, -0.25) is 0 Å². The third-order valence-corrected chi connectivity index (χ3v) is 1.51. The molecule has 0 aliphatic rings. The maximum atomic E-state index is 8.64. The second-order valence-corrected chi connectivity index (χ2v) is 2.16. The first kappa shape index (κ1) is 5.93. The number of H-pyrrole nitrogens is 1. The van der Waals surface area contributed by atoms with Gasteiger partial charge in [-0.25, -0.2) is 4.98 Å². The molecule has 51 valence electrons. The number of aromatic nitrogens is 2. The summed E-state index contributed by atoms with van der Waals surface area (Å²) >= 11 is 0. The highest BCUT2D eigenvalue weighted by atomic mass is 14.9. The van der Waals surface area contributed by atoms with Gasteiger partial charge in [0, 0.05) is 0 Å². The van der Waals surface area contributed by atoms with Gasteiger partial charge in [0.15, 0.2) is 6.33 Å². The molecule has 1 N–H and O–H groups in total. The molecule has 0 bridgehead atoms. The molecule has 3 heteroatoms. The Morgan fingerprint density at radius 2 is 2.45 bits per heavy atom. The first-order chi connectivity index (χ1) is 5.42. The summed E-state index contributed by atoms with van der Waals surface area (Å²) in [6.45, 7) is 0. The van der Waals surface area contributed by atoms with E-state index in [1.54, 1.807) is 6.07 Å². The summed E-state index contributed by atoms with van der Waals surface area (Å²) < 4.78 is 0. The molecule has 1 aromatic heterocycles. The number of imidazole rings is 1. The van der Waals surface area contributed by atoms with Gasteiger partial charge in [0.1, 0.15) is 11.6 Å². The predicted octanol–water partition coefficient (Wildman–Crippen LogP) is 1.23. The smallest absolute Gasteiger partial charge is 0.174 e. The molecule has 1 aromatic carbocycles. The summed E-state index contributed by atoms with van der Waals surface area (Å²) in [6.07, 6.45) is 2.59. The number of nitrogens with one attached hydrogen (secondary N) is 1. The monoisotopic (exact) mass is 142 g/mol. The first-order valence-electron chi connectivity index (χ1n) is 3.16. The van der Waals surface area contributed by atoms with Gasteiger partial charge in [0.05, 0.1) is 11.1 Å². The van der Waals surface area contributed by atoms with Crippen molar-refractivity contribution in [3.05, 3.63) is 30.1 Å². The van der Waals surface area contributed by atoms with E-state index in [2.05, 4.69) is 22.4 Å². The van der Waals surface area contributed by atoms with Crippen molar-refractivity contribution in [1.82, 2.24) is 9.97 Å². The minimum atomic E-state index is 0.583. The zero-order valence-corrected chi connectivity index (χ0v) is 5.63. The lowest BCUT2D eigenvalue weighted by Gasteiger charge is -1.87. The Morgan fingerprint density at radius 1 is 1.55 bits per heavy atom. The van der Waals surface area contributed by atoms with Crippen molar-refractivity contribution in [3.63, 3.8) is 0 Å². The molecule has 11 heavy (non-hydrogen) atoms. The molecule has 3 nitrogen and oxygen atoms in total. The summed E-state index contributed by atoms with van der Waals surface area (Å²) in [6, 6.07) is 7.46. The third kappa shape index (κ3) is 0.767. The van der Waals surface area contributed by atoms with Crippen LogP contribution in [0.1, 0.15) is 5.56 Å². The maximum absolute atomic E-state index is 8.64. The lowest BCUT2D eigenvalue weighted by atomic mass is 10.2. The number of nitrogens with zero attached hydrogens (tertiary/aromatic N) is 2. The van der Waals surface area contributed by atoms with Crippen LogP contribution in [0.3, 0.4) is 0 Å². The summed E-state index contributed by atoms with van der Waals surface area (Å²) in [4.78, 5) is 6.69. The lowest BCUT2D eigenvalue weighted by molar-refractivity contribution is 1.32. The van der Waals surface area contributed by atoms with E-state index in [1.807, 2.05) is 12.1 Å². The Labute approximate surface area is 63.3 Å². The number of fused-ring (bicyclic) bond motifs is 1. The van der Waals surface area contributed by atoms with E-state index in [4.69, 9.17) is 5.26 Å². The molecule has 0 aliphatic carbocycles. The number of para-hydroxylation sites is 1. The number of hydrogen-bond donors (Lipinski definition) is 1. The second-order valence-electron chi connectivity index (χ2n) is 2.16. The van der Waals surface area contributed by atoms with E-state index in [0.717, 1.165) is 5.52 Å². The van der Waals surface area contributed by atoms with Gasteiger partial charge < -0.3 is 4.98 Å². The van der Waals surface area contributed by atoms with Gasteiger partial charge in [-0.1, -0.05) is 6.07 Å². The van der Waals surface area contributed by atoms with Crippen LogP contribution in [-0.4, -0.2) is 9.97 Å². The largest absolute Gasteiger partial charge is 0.335 e. The van der Waals surface area contributed by atoms with Crippen LogP contribution in [0.5, 0.6) is 0 Å². The standard InChI is InChI=1S/C8H4N3/c9-4-6-2-1-3-7-8(6)11-5-10-7/h1-3H,(H,10,11). The van der Waals surface area contributed by atoms with Crippen LogP contribution >= 0.6 is 0 Å². The summed E-state index contributed by atoms with van der Waals surface area (Å²) in [5, 5.41) is 8.64. The van der Waals surface area contributed by atoms with Gasteiger partial charge in [0.2, 0.25) is 0 Å². The molecule has 0 unspecified atom stereocenters. The van der Waals surface area contributed by atoms with Crippen molar-refractivity contribution in [2.75, 3.05) is 0 Å². The maximum Gasteiger partial charge on any atom is 0.174 e. The SMILES string of the molecule is N#Cc1cccc2[nH][c]nc12. The van der Waals surface area contributed by atoms with Crippen molar-refractivity contribution < 1.29 is 0 Å². The highest BCUT2D eigenvalue weighted by Crippen LogP contribution is 2.12. The number of aromatic amines is 1. The predicted molar refractivity (Wildman–Crippen MR) is 39.6 cm³/mol. The van der Waals surface area contributed by atoms with Crippen LogP contribution < -0.4 is 0 Å². The molecule has 0 amide bonds. The zero-order valence-electron chi connectivity index (χ0n) is 5.63.